The smallest absolute Gasteiger partial charge is 0.355 e. The van der Waals surface area contributed by atoms with E-state index in [1.165, 1.54) is 24.5 Å². The minimum atomic E-state index is -0.962. The minimum Gasteiger partial charge on any atom is -0.497 e. The number of hydrogen-bond donors (Lipinski definition) is 1. The van der Waals surface area contributed by atoms with Crippen LogP contribution < -0.4 is 10.1 Å². The second kappa shape index (κ2) is 8.33. The van der Waals surface area contributed by atoms with Crippen LogP contribution in [0.1, 0.15) is 40.3 Å². The number of ether oxygens (including phenoxy) is 2. The van der Waals surface area contributed by atoms with Crippen LogP contribution in [0.25, 0.3) is 0 Å². The third-order valence-corrected chi connectivity index (χ3v) is 3.90. The van der Waals surface area contributed by atoms with E-state index in [1.54, 1.807) is 32.5 Å². The molecule has 0 bridgehead atoms. The first kappa shape index (κ1) is 19.2. The second-order valence-corrected chi connectivity index (χ2v) is 5.89. The van der Waals surface area contributed by atoms with E-state index < -0.39 is 18.0 Å². The van der Waals surface area contributed by atoms with Gasteiger partial charge in [0.15, 0.2) is 11.9 Å². The summed E-state index contributed by atoms with van der Waals surface area (Å²) in [6, 6.07) is 8.72. The maximum Gasteiger partial charge on any atom is 0.355 e. The maximum atomic E-state index is 12.2. The Morgan fingerprint density at radius 3 is 2.38 bits per heavy atom. The van der Waals surface area contributed by atoms with Crippen molar-refractivity contribution in [3.05, 3.63) is 53.3 Å². The predicted octanol–water partition coefficient (Wildman–Crippen LogP) is 2.10. The molecule has 2 aromatic rings. The number of ketones is 1. The third kappa shape index (κ3) is 4.72. The normalized spacial score (nSPS) is 11.5. The summed E-state index contributed by atoms with van der Waals surface area (Å²) in [4.78, 5) is 35.7. The van der Waals surface area contributed by atoms with E-state index in [2.05, 4.69) is 5.32 Å². The summed E-state index contributed by atoms with van der Waals surface area (Å²) >= 11 is 0. The molecule has 1 amide bonds. The van der Waals surface area contributed by atoms with Gasteiger partial charge in [0.05, 0.1) is 7.11 Å². The van der Waals surface area contributed by atoms with Crippen molar-refractivity contribution in [2.45, 2.75) is 26.5 Å². The minimum absolute atomic E-state index is 0.148. The quantitative estimate of drug-likeness (QED) is 0.605. The first-order valence-corrected chi connectivity index (χ1v) is 8.10. The monoisotopic (exact) mass is 358 g/mol. The summed E-state index contributed by atoms with van der Waals surface area (Å²) in [5.74, 6) is -0.484. The van der Waals surface area contributed by atoms with E-state index >= 15 is 0 Å². The topological polar surface area (TPSA) is 86.6 Å². The molecule has 0 unspecified atom stereocenters. The Kier molecular flexibility index (Phi) is 6.16. The molecule has 1 aromatic heterocycles. The molecule has 0 aliphatic rings. The van der Waals surface area contributed by atoms with Crippen LogP contribution in [0.5, 0.6) is 5.75 Å². The number of aryl methyl sites for hydroxylation is 1. The van der Waals surface area contributed by atoms with E-state index in [-0.39, 0.29) is 11.5 Å². The highest BCUT2D eigenvalue weighted by molar-refractivity contribution is 5.98. The summed E-state index contributed by atoms with van der Waals surface area (Å²) < 4.78 is 11.8. The number of nitrogens with one attached hydrogen (secondary N) is 1. The first-order chi connectivity index (χ1) is 12.3. The van der Waals surface area contributed by atoms with Gasteiger partial charge in [0.2, 0.25) is 0 Å². The molecule has 7 nitrogen and oxygen atoms in total. The fraction of sp³-hybridized carbons (Fsp3) is 0.316. The van der Waals surface area contributed by atoms with Crippen molar-refractivity contribution >= 4 is 17.7 Å². The molecule has 2 rings (SSSR count). The molecule has 0 saturated carbocycles. The molecule has 1 aromatic carbocycles. The van der Waals surface area contributed by atoms with Gasteiger partial charge in [0.25, 0.3) is 5.91 Å². The van der Waals surface area contributed by atoms with E-state index in [4.69, 9.17) is 9.47 Å². The Bertz CT molecular complexity index is 808. The molecular formula is C19H22N2O5. The molecule has 0 aliphatic heterocycles. The number of amides is 1. The number of hydrogen-bond acceptors (Lipinski definition) is 5. The maximum absolute atomic E-state index is 12.2. The van der Waals surface area contributed by atoms with Gasteiger partial charge in [-0.1, -0.05) is 12.1 Å². The van der Waals surface area contributed by atoms with Gasteiger partial charge in [-0.05, 0) is 37.6 Å². The van der Waals surface area contributed by atoms with Crippen LogP contribution in [0.3, 0.4) is 0 Å². The number of Topliss-reactive ketones (excluding diaryl/α,β-unsaturated/α-hetero) is 1. The fourth-order valence-corrected chi connectivity index (χ4v) is 2.31. The Hall–Kier alpha value is -3.09. The van der Waals surface area contributed by atoms with Crippen LogP contribution in [0.4, 0.5) is 0 Å². The van der Waals surface area contributed by atoms with E-state index in [0.29, 0.717) is 12.1 Å². The highest BCUT2D eigenvalue weighted by Gasteiger charge is 2.21. The SMILES string of the molecule is COc1ccc(CNC(=O)[C@H](C)OC(=O)c2cc(C(C)=O)cn2C)cc1. The van der Waals surface area contributed by atoms with Crippen LogP contribution in [0, 0.1) is 0 Å². The molecule has 0 saturated heterocycles. The summed E-state index contributed by atoms with van der Waals surface area (Å²) in [7, 11) is 3.22. The Labute approximate surface area is 151 Å². The van der Waals surface area contributed by atoms with Gasteiger partial charge in [0, 0.05) is 25.4 Å². The second-order valence-electron chi connectivity index (χ2n) is 5.89. The highest BCUT2D eigenvalue weighted by Crippen LogP contribution is 2.12. The zero-order valence-electron chi connectivity index (χ0n) is 15.2. The lowest BCUT2D eigenvalue weighted by Gasteiger charge is -2.14. The molecule has 26 heavy (non-hydrogen) atoms. The lowest BCUT2D eigenvalue weighted by atomic mass is 10.2. The van der Waals surface area contributed by atoms with Crippen LogP contribution in [0.15, 0.2) is 36.5 Å². The van der Waals surface area contributed by atoms with Crippen molar-refractivity contribution in [3.63, 3.8) is 0 Å². The summed E-state index contributed by atoms with van der Waals surface area (Å²) in [6.07, 6.45) is 0.587. The van der Waals surface area contributed by atoms with Gasteiger partial charge in [-0.2, -0.15) is 0 Å². The van der Waals surface area contributed by atoms with Crippen molar-refractivity contribution < 1.29 is 23.9 Å². The number of aromatic nitrogens is 1. The lowest BCUT2D eigenvalue weighted by Crippen LogP contribution is -2.35. The van der Waals surface area contributed by atoms with Crippen molar-refractivity contribution in [1.82, 2.24) is 9.88 Å². The lowest BCUT2D eigenvalue weighted by molar-refractivity contribution is -0.129. The third-order valence-electron chi connectivity index (χ3n) is 3.90. The van der Waals surface area contributed by atoms with Gasteiger partial charge in [0.1, 0.15) is 11.4 Å². The number of nitrogens with zero attached hydrogens (tertiary/aromatic N) is 1. The number of carbonyl (C=O) groups is 3. The number of benzene rings is 1. The van der Waals surface area contributed by atoms with Crippen molar-refractivity contribution in [2.24, 2.45) is 7.05 Å². The van der Waals surface area contributed by atoms with Gasteiger partial charge >= 0.3 is 5.97 Å². The van der Waals surface area contributed by atoms with Crippen molar-refractivity contribution in [1.29, 1.82) is 0 Å². The number of esters is 1. The van der Waals surface area contributed by atoms with Gasteiger partial charge in [-0.3, -0.25) is 9.59 Å². The molecule has 7 heteroatoms. The average Bonchev–Trinajstić information content (AvgIpc) is 3.02. The predicted molar refractivity (Wildman–Crippen MR) is 95.1 cm³/mol. The van der Waals surface area contributed by atoms with Crippen LogP contribution in [0.2, 0.25) is 0 Å². The molecule has 138 valence electrons. The highest BCUT2D eigenvalue weighted by atomic mass is 16.5. The molecule has 0 radical (unpaired) electrons. The van der Waals surface area contributed by atoms with Crippen LogP contribution in [-0.4, -0.2) is 35.4 Å². The van der Waals surface area contributed by atoms with Crippen LogP contribution in [-0.2, 0) is 23.1 Å². The van der Waals surface area contributed by atoms with Crippen molar-refractivity contribution in [3.8, 4) is 5.75 Å². The zero-order chi connectivity index (χ0) is 19.3. The Morgan fingerprint density at radius 1 is 1.19 bits per heavy atom. The van der Waals surface area contributed by atoms with Gasteiger partial charge in [-0.15, -0.1) is 0 Å². The van der Waals surface area contributed by atoms with E-state index in [9.17, 15) is 14.4 Å². The Balaban J connectivity index is 1.91. The molecular weight excluding hydrogens is 336 g/mol. The molecule has 0 fully saturated rings. The average molecular weight is 358 g/mol. The molecule has 1 atom stereocenters. The molecule has 0 spiro atoms. The number of carbonyl (C=O) groups excluding carboxylic acids is 3. The van der Waals surface area contributed by atoms with E-state index in [1.807, 2.05) is 12.1 Å². The van der Waals surface area contributed by atoms with Crippen LogP contribution >= 0.6 is 0 Å². The van der Waals surface area contributed by atoms with Gasteiger partial charge in [-0.25, -0.2) is 4.79 Å². The van der Waals surface area contributed by atoms with Gasteiger partial charge < -0.3 is 19.4 Å². The standard InChI is InChI=1S/C19H22N2O5/c1-12(22)15-9-17(21(3)11-15)19(24)26-13(2)18(23)20-10-14-5-7-16(25-4)8-6-14/h5-9,11,13H,10H2,1-4H3,(H,20,23)/t13-/m0/s1. The number of rotatable bonds is 7. The Morgan fingerprint density at radius 2 is 1.85 bits per heavy atom. The first-order valence-electron chi connectivity index (χ1n) is 8.10. The summed E-state index contributed by atoms with van der Waals surface area (Å²) in [5, 5.41) is 2.71. The largest absolute Gasteiger partial charge is 0.497 e. The summed E-state index contributed by atoms with van der Waals surface area (Å²) in [5.41, 5.74) is 1.52. The van der Waals surface area contributed by atoms with E-state index in [0.717, 1.165) is 11.3 Å². The van der Waals surface area contributed by atoms with Crippen molar-refractivity contribution in [2.75, 3.05) is 7.11 Å². The molecule has 1 heterocycles. The summed E-state index contributed by atoms with van der Waals surface area (Å²) in [6.45, 7) is 3.22. The zero-order valence-corrected chi connectivity index (χ0v) is 15.2. The molecule has 0 aliphatic carbocycles. The fourth-order valence-electron chi connectivity index (χ4n) is 2.31. The number of methoxy groups -OCH3 is 1. The molecule has 1 N–H and O–H groups in total.